The molecule has 6 heteroatoms. The molecular weight excluding hydrogens is 442 g/mol. The van der Waals surface area contributed by atoms with Crippen LogP contribution in [0.1, 0.15) is 29.2 Å². The Morgan fingerprint density at radius 1 is 0.943 bits per heavy atom. The number of carbonyl (C=O) groups is 1. The topological polar surface area (TPSA) is 66.0 Å². The fourth-order valence-electron chi connectivity index (χ4n) is 3.57. The lowest BCUT2D eigenvalue weighted by atomic mass is 10.1. The standard InChI is InChI=1S/C29H33NO5/c1-4-18-34-28(24-12-14-25(15-13-24)35-21-23-8-6-5-7-9-23)20-30-29(31)17-11-22-10-16-26(32-2)27(19-22)33-3/h4-10,12-16,19,28H,1,11,17-18,20-21H2,2-3H3,(H,30,31). The van der Waals surface area contributed by atoms with Gasteiger partial charge in [-0.2, -0.15) is 0 Å². The number of hydrogen-bond donors (Lipinski definition) is 1. The van der Waals surface area contributed by atoms with Crippen LogP contribution in [0.4, 0.5) is 0 Å². The summed E-state index contributed by atoms with van der Waals surface area (Å²) in [6.45, 7) is 4.98. The number of ether oxygens (including phenoxy) is 4. The Bertz CT molecular complexity index is 1070. The first kappa shape index (κ1) is 25.8. The van der Waals surface area contributed by atoms with Crippen molar-refractivity contribution < 1.29 is 23.7 Å². The third-order valence-corrected chi connectivity index (χ3v) is 5.49. The highest BCUT2D eigenvalue weighted by Gasteiger charge is 2.14. The average Bonchev–Trinajstić information content (AvgIpc) is 2.91. The Labute approximate surface area is 207 Å². The molecule has 0 aliphatic heterocycles. The van der Waals surface area contributed by atoms with Crippen LogP contribution >= 0.6 is 0 Å². The van der Waals surface area contributed by atoms with Gasteiger partial charge in [0.2, 0.25) is 5.91 Å². The molecule has 0 spiro atoms. The quantitative estimate of drug-likeness (QED) is 0.322. The largest absolute Gasteiger partial charge is 0.493 e. The van der Waals surface area contributed by atoms with E-state index in [0.717, 1.165) is 22.4 Å². The Morgan fingerprint density at radius 2 is 1.69 bits per heavy atom. The molecule has 0 aliphatic carbocycles. The zero-order valence-electron chi connectivity index (χ0n) is 20.4. The van der Waals surface area contributed by atoms with E-state index in [2.05, 4.69) is 11.9 Å². The number of benzene rings is 3. The zero-order chi connectivity index (χ0) is 24.9. The second kappa shape index (κ2) is 13.8. The molecule has 184 valence electrons. The normalized spacial score (nSPS) is 11.4. The van der Waals surface area contributed by atoms with Crippen molar-refractivity contribution in [3.8, 4) is 17.2 Å². The molecule has 3 aromatic carbocycles. The van der Waals surface area contributed by atoms with Gasteiger partial charge in [0.1, 0.15) is 18.5 Å². The molecule has 0 aliphatic rings. The molecule has 0 saturated carbocycles. The molecule has 6 nitrogen and oxygen atoms in total. The summed E-state index contributed by atoms with van der Waals surface area (Å²) in [4.78, 5) is 12.5. The molecule has 35 heavy (non-hydrogen) atoms. The monoisotopic (exact) mass is 475 g/mol. The molecule has 1 amide bonds. The molecule has 3 aromatic rings. The molecule has 0 radical (unpaired) electrons. The Balaban J connectivity index is 1.52. The van der Waals surface area contributed by atoms with Crippen LogP contribution in [0.3, 0.4) is 0 Å². The lowest BCUT2D eigenvalue weighted by Crippen LogP contribution is -2.29. The minimum atomic E-state index is -0.291. The van der Waals surface area contributed by atoms with Crippen molar-refractivity contribution in [2.24, 2.45) is 0 Å². The van der Waals surface area contributed by atoms with Crippen LogP contribution in [0.15, 0.2) is 85.5 Å². The maximum Gasteiger partial charge on any atom is 0.220 e. The summed E-state index contributed by atoms with van der Waals surface area (Å²) >= 11 is 0. The molecular formula is C29H33NO5. The van der Waals surface area contributed by atoms with Crippen LogP contribution in [0, 0.1) is 0 Å². The fraction of sp³-hybridized carbons (Fsp3) is 0.276. The first-order valence-electron chi connectivity index (χ1n) is 11.6. The number of hydrogen-bond acceptors (Lipinski definition) is 5. The van der Waals surface area contributed by atoms with Crippen molar-refractivity contribution >= 4 is 5.91 Å². The molecule has 1 N–H and O–H groups in total. The fourth-order valence-corrected chi connectivity index (χ4v) is 3.57. The van der Waals surface area contributed by atoms with Gasteiger partial charge in [0.15, 0.2) is 11.5 Å². The minimum absolute atomic E-state index is 0.0465. The first-order chi connectivity index (χ1) is 17.1. The zero-order valence-corrected chi connectivity index (χ0v) is 20.4. The second-order valence-corrected chi connectivity index (χ2v) is 7.95. The Hall–Kier alpha value is -3.77. The van der Waals surface area contributed by atoms with E-state index in [4.69, 9.17) is 18.9 Å². The Kier molecular flexibility index (Phi) is 10.2. The van der Waals surface area contributed by atoms with Crippen LogP contribution in [-0.4, -0.2) is 33.3 Å². The van der Waals surface area contributed by atoms with Gasteiger partial charge in [0.05, 0.1) is 20.8 Å². The smallest absolute Gasteiger partial charge is 0.220 e. The molecule has 0 aromatic heterocycles. The maximum absolute atomic E-state index is 12.5. The number of aryl methyl sites for hydroxylation is 1. The predicted molar refractivity (Wildman–Crippen MR) is 137 cm³/mol. The number of nitrogens with one attached hydrogen (secondary N) is 1. The summed E-state index contributed by atoms with van der Waals surface area (Å²) in [5.41, 5.74) is 3.07. The van der Waals surface area contributed by atoms with Crippen molar-refractivity contribution in [1.29, 1.82) is 0 Å². The third-order valence-electron chi connectivity index (χ3n) is 5.49. The van der Waals surface area contributed by atoms with Gasteiger partial charge < -0.3 is 24.3 Å². The van der Waals surface area contributed by atoms with E-state index in [-0.39, 0.29) is 12.0 Å². The Morgan fingerprint density at radius 3 is 2.37 bits per heavy atom. The second-order valence-electron chi connectivity index (χ2n) is 7.95. The number of amides is 1. The van der Waals surface area contributed by atoms with E-state index in [0.29, 0.717) is 44.1 Å². The first-order valence-corrected chi connectivity index (χ1v) is 11.6. The van der Waals surface area contributed by atoms with Gasteiger partial charge >= 0.3 is 0 Å². The van der Waals surface area contributed by atoms with Crippen molar-refractivity contribution in [3.05, 3.63) is 102 Å². The summed E-state index contributed by atoms with van der Waals surface area (Å²) in [7, 11) is 3.20. The van der Waals surface area contributed by atoms with Crippen LogP contribution in [0.25, 0.3) is 0 Å². The number of carbonyl (C=O) groups excluding carboxylic acids is 1. The van der Waals surface area contributed by atoms with Crippen LogP contribution in [0.2, 0.25) is 0 Å². The summed E-state index contributed by atoms with van der Waals surface area (Å²) in [6, 6.07) is 23.5. The summed E-state index contributed by atoms with van der Waals surface area (Å²) < 4.78 is 22.4. The van der Waals surface area contributed by atoms with Crippen molar-refractivity contribution in [1.82, 2.24) is 5.32 Å². The predicted octanol–water partition coefficient (Wildman–Crippen LogP) is 5.28. The molecule has 1 unspecified atom stereocenters. The lowest BCUT2D eigenvalue weighted by molar-refractivity contribution is -0.121. The van der Waals surface area contributed by atoms with E-state index in [1.807, 2.05) is 72.8 Å². The number of rotatable bonds is 14. The molecule has 0 saturated heterocycles. The van der Waals surface area contributed by atoms with Gasteiger partial charge in [-0.1, -0.05) is 54.6 Å². The summed E-state index contributed by atoms with van der Waals surface area (Å²) in [5.74, 6) is 2.05. The summed E-state index contributed by atoms with van der Waals surface area (Å²) in [5, 5.41) is 2.99. The van der Waals surface area contributed by atoms with Crippen molar-refractivity contribution in [3.63, 3.8) is 0 Å². The van der Waals surface area contributed by atoms with Crippen LogP contribution in [-0.2, 0) is 22.6 Å². The molecule has 0 heterocycles. The highest BCUT2D eigenvalue weighted by atomic mass is 16.5. The maximum atomic E-state index is 12.5. The van der Waals surface area contributed by atoms with Gasteiger partial charge in [-0.25, -0.2) is 0 Å². The van der Waals surface area contributed by atoms with Gasteiger partial charge in [0.25, 0.3) is 0 Å². The van der Waals surface area contributed by atoms with Crippen molar-refractivity contribution in [2.75, 3.05) is 27.4 Å². The van der Waals surface area contributed by atoms with E-state index in [1.54, 1.807) is 20.3 Å². The highest BCUT2D eigenvalue weighted by Crippen LogP contribution is 2.28. The van der Waals surface area contributed by atoms with E-state index in [9.17, 15) is 4.79 Å². The van der Waals surface area contributed by atoms with E-state index >= 15 is 0 Å². The van der Waals surface area contributed by atoms with E-state index < -0.39 is 0 Å². The van der Waals surface area contributed by atoms with Gasteiger partial charge in [-0.15, -0.1) is 6.58 Å². The van der Waals surface area contributed by atoms with Crippen LogP contribution < -0.4 is 19.5 Å². The highest BCUT2D eigenvalue weighted by molar-refractivity contribution is 5.76. The molecule has 3 rings (SSSR count). The average molecular weight is 476 g/mol. The van der Waals surface area contributed by atoms with Gasteiger partial charge in [-0.05, 0) is 47.4 Å². The van der Waals surface area contributed by atoms with Gasteiger partial charge in [-0.3, -0.25) is 4.79 Å². The number of methoxy groups -OCH3 is 2. The van der Waals surface area contributed by atoms with Crippen molar-refractivity contribution in [2.45, 2.75) is 25.6 Å². The molecule has 0 fully saturated rings. The van der Waals surface area contributed by atoms with Crippen LogP contribution in [0.5, 0.6) is 17.2 Å². The molecule has 0 bridgehead atoms. The SMILES string of the molecule is C=CCOC(CNC(=O)CCc1ccc(OC)c(OC)c1)c1ccc(OCc2ccccc2)cc1. The summed E-state index contributed by atoms with van der Waals surface area (Å²) in [6.07, 6.45) is 2.36. The minimum Gasteiger partial charge on any atom is -0.493 e. The third kappa shape index (κ3) is 8.19. The lowest BCUT2D eigenvalue weighted by Gasteiger charge is -2.19. The molecule has 1 atom stereocenters. The van der Waals surface area contributed by atoms with E-state index in [1.165, 1.54) is 0 Å². The van der Waals surface area contributed by atoms with Gasteiger partial charge in [0, 0.05) is 13.0 Å².